The zero-order valence-corrected chi connectivity index (χ0v) is 16.5. The molecule has 0 aliphatic rings. The zero-order chi connectivity index (χ0) is 16.8. The minimum Gasteiger partial charge on any atom is -0.305 e. The summed E-state index contributed by atoms with van der Waals surface area (Å²) in [5.41, 5.74) is 0. The Bertz CT molecular complexity index is 206. The van der Waals surface area contributed by atoms with Gasteiger partial charge in [-0.25, -0.2) is 0 Å². The molecule has 0 aliphatic carbocycles. The van der Waals surface area contributed by atoms with E-state index in [4.69, 9.17) is 0 Å². The maximum absolute atomic E-state index is 2.55. The van der Waals surface area contributed by atoms with Gasteiger partial charge in [-0.05, 0) is 38.8 Å². The maximum Gasteiger partial charge on any atom is 0.0106 e. The minimum atomic E-state index is 0.892. The molecule has 0 rings (SSSR count). The van der Waals surface area contributed by atoms with Crippen molar-refractivity contribution in [2.24, 2.45) is 11.8 Å². The van der Waals surface area contributed by atoms with Crippen molar-refractivity contribution in [3.05, 3.63) is 0 Å². The van der Waals surface area contributed by atoms with Gasteiger partial charge in [0.25, 0.3) is 0 Å². The molecule has 0 aromatic carbocycles. The maximum atomic E-state index is 2.55. The Hall–Kier alpha value is -0.0800. The fourth-order valence-corrected chi connectivity index (χ4v) is 3.24. The zero-order valence-electron chi connectivity index (χ0n) is 16.5. The van der Waals surface area contributed by atoms with Gasteiger partial charge < -0.3 is 9.80 Å². The van der Waals surface area contributed by atoms with Gasteiger partial charge in [-0.2, -0.15) is 0 Å². The molecule has 0 saturated carbocycles. The molecule has 2 unspecified atom stereocenters. The van der Waals surface area contributed by atoms with Gasteiger partial charge >= 0.3 is 0 Å². The van der Waals surface area contributed by atoms with E-state index >= 15 is 0 Å². The van der Waals surface area contributed by atoms with Crippen molar-refractivity contribution in [1.29, 1.82) is 0 Å². The molecule has 2 nitrogen and oxygen atoms in total. The van der Waals surface area contributed by atoms with Gasteiger partial charge in [0.1, 0.15) is 0 Å². The average Bonchev–Trinajstić information content (AvgIpc) is 2.53. The van der Waals surface area contributed by atoms with Crippen LogP contribution in [0.15, 0.2) is 0 Å². The Morgan fingerprint density at radius 3 is 1.27 bits per heavy atom. The first-order valence-corrected chi connectivity index (χ1v) is 9.94. The van der Waals surface area contributed by atoms with Crippen molar-refractivity contribution < 1.29 is 0 Å². The summed E-state index contributed by atoms with van der Waals surface area (Å²) >= 11 is 0. The van der Waals surface area contributed by atoms with E-state index in [1.54, 1.807) is 0 Å². The molecule has 2 heteroatoms. The Morgan fingerprint density at radius 2 is 1.00 bits per heavy atom. The number of likely N-dealkylation sites (N-methyl/N-ethyl adjacent to an activating group) is 2. The third-order valence-corrected chi connectivity index (χ3v) is 5.09. The molecule has 0 N–H and O–H groups in total. The number of nitrogens with zero attached hydrogens (tertiary/aromatic N) is 2. The number of hydrogen-bond donors (Lipinski definition) is 0. The molecule has 0 aliphatic heterocycles. The fourth-order valence-electron chi connectivity index (χ4n) is 3.24. The van der Waals surface area contributed by atoms with Crippen LogP contribution in [-0.4, -0.2) is 50.1 Å². The van der Waals surface area contributed by atoms with Crippen LogP contribution in [0.4, 0.5) is 0 Å². The normalized spacial score (nSPS) is 14.7. The highest BCUT2D eigenvalue weighted by Crippen LogP contribution is 2.15. The fraction of sp³-hybridized carbons (Fsp3) is 1.00. The van der Waals surface area contributed by atoms with Gasteiger partial charge in [-0.3, -0.25) is 0 Å². The summed E-state index contributed by atoms with van der Waals surface area (Å²) in [6, 6.07) is 0. The highest BCUT2D eigenvalue weighted by atomic mass is 15.2. The molecule has 0 aromatic rings. The molecule has 0 amide bonds. The molecular formula is C20H44N2. The summed E-state index contributed by atoms with van der Waals surface area (Å²) in [5.74, 6) is 1.78. The summed E-state index contributed by atoms with van der Waals surface area (Å²) in [6.07, 6.45) is 10.9. The molecule has 2 atom stereocenters. The third-order valence-electron chi connectivity index (χ3n) is 5.09. The van der Waals surface area contributed by atoms with E-state index < -0.39 is 0 Å². The minimum absolute atomic E-state index is 0.892. The predicted molar refractivity (Wildman–Crippen MR) is 102 cm³/mol. The van der Waals surface area contributed by atoms with Crippen LogP contribution in [0, 0.1) is 11.8 Å². The van der Waals surface area contributed by atoms with Crippen LogP contribution in [0.25, 0.3) is 0 Å². The van der Waals surface area contributed by atoms with E-state index in [0.29, 0.717) is 0 Å². The van der Waals surface area contributed by atoms with E-state index in [9.17, 15) is 0 Å². The third kappa shape index (κ3) is 11.5. The first-order chi connectivity index (χ1) is 10.6. The lowest BCUT2D eigenvalue weighted by molar-refractivity contribution is 0.202. The second-order valence-electron chi connectivity index (χ2n) is 7.36. The van der Waals surface area contributed by atoms with Gasteiger partial charge in [0.2, 0.25) is 0 Å². The Balaban J connectivity index is 3.93. The van der Waals surface area contributed by atoms with Crippen molar-refractivity contribution in [3.63, 3.8) is 0 Å². The van der Waals surface area contributed by atoms with Crippen molar-refractivity contribution in [1.82, 2.24) is 9.80 Å². The topological polar surface area (TPSA) is 6.48 Å². The number of unbranched alkanes of at least 4 members (excludes halogenated alkanes) is 2. The molecule has 0 heterocycles. The standard InChI is InChI=1S/C20H44N2/c1-7-11-13-19(9-3)17-21(5)15-16-22(6)18-20(10-4)14-12-8-2/h19-20H,7-18H2,1-6H3. The van der Waals surface area contributed by atoms with Crippen LogP contribution in [-0.2, 0) is 0 Å². The first kappa shape index (κ1) is 21.9. The average molecular weight is 313 g/mol. The summed E-state index contributed by atoms with van der Waals surface area (Å²) in [4.78, 5) is 5.10. The summed E-state index contributed by atoms with van der Waals surface area (Å²) in [7, 11) is 4.60. The van der Waals surface area contributed by atoms with Crippen LogP contribution < -0.4 is 0 Å². The van der Waals surface area contributed by atoms with E-state index in [0.717, 1.165) is 11.8 Å². The molecule has 0 fully saturated rings. The Morgan fingerprint density at radius 1 is 0.636 bits per heavy atom. The smallest absolute Gasteiger partial charge is 0.0106 e. The summed E-state index contributed by atoms with van der Waals surface area (Å²) < 4.78 is 0. The lowest BCUT2D eigenvalue weighted by Crippen LogP contribution is -2.35. The number of rotatable bonds is 15. The van der Waals surface area contributed by atoms with Gasteiger partial charge in [-0.1, -0.05) is 66.2 Å². The van der Waals surface area contributed by atoms with Gasteiger partial charge in [0.15, 0.2) is 0 Å². The van der Waals surface area contributed by atoms with E-state index in [-0.39, 0.29) is 0 Å². The second-order valence-corrected chi connectivity index (χ2v) is 7.36. The lowest BCUT2D eigenvalue weighted by atomic mass is 9.98. The summed E-state index contributed by atoms with van der Waals surface area (Å²) in [5, 5.41) is 0. The highest BCUT2D eigenvalue weighted by molar-refractivity contribution is 4.67. The van der Waals surface area contributed by atoms with Gasteiger partial charge in [0.05, 0.1) is 0 Å². The SMILES string of the molecule is CCCCC(CC)CN(C)CCN(C)CC(CC)CCCC. The van der Waals surface area contributed by atoms with Crippen LogP contribution in [0.3, 0.4) is 0 Å². The van der Waals surface area contributed by atoms with Gasteiger partial charge in [-0.15, -0.1) is 0 Å². The Kier molecular flexibility index (Phi) is 14.5. The predicted octanol–water partition coefficient (Wildman–Crippen LogP) is 5.28. The summed E-state index contributed by atoms with van der Waals surface area (Å²) in [6.45, 7) is 14.3. The largest absolute Gasteiger partial charge is 0.305 e. The molecule has 22 heavy (non-hydrogen) atoms. The van der Waals surface area contributed by atoms with Crippen LogP contribution in [0.2, 0.25) is 0 Å². The Labute approximate surface area is 141 Å². The van der Waals surface area contributed by atoms with Crippen molar-refractivity contribution >= 4 is 0 Å². The van der Waals surface area contributed by atoms with Crippen molar-refractivity contribution in [3.8, 4) is 0 Å². The van der Waals surface area contributed by atoms with Crippen LogP contribution >= 0.6 is 0 Å². The highest BCUT2D eigenvalue weighted by Gasteiger charge is 2.12. The quantitative estimate of drug-likeness (QED) is 0.406. The molecule has 0 saturated heterocycles. The molecule has 0 radical (unpaired) electrons. The van der Waals surface area contributed by atoms with Crippen LogP contribution in [0.1, 0.15) is 79.1 Å². The first-order valence-electron chi connectivity index (χ1n) is 9.94. The van der Waals surface area contributed by atoms with E-state index in [1.807, 2.05) is 0 Å². The van der Waals surface area contributed by atoms with Crippen molar-refractivity contribution in [2.45, 2.75) is 79.1 Å². The van der Waals surface area contributed by atoms with Gasteiger partial charge in [0, 0.05) is 26.2 Å². The monoisotopic (exact) mass is 312 g/mol. The second kappa shape index (κ2) is 14.5. The molecule has 0 spiro atoms. The molecule has 0 aromatic heterocycles. The van der Waals surface area contributed by atoms with Crippen LogP contribution in [0.5, 0.6) is 0 Å². The number of hydrogen-bond acceptors (Lipinski definition) is 2. The molecular weight excluding hydrogens is 268 g/mol. The molecule has 0 bridgehead atoms. The van der Waals surface area contributed by atoms with Crippen molar-refractivity contribution in [2.75, 3.05) is 40.3 Å². The van der Waals surface area contributed by atoms with E-state index in [2.05, 4.69) is 51.6 Å². The van der Waals surface area contributed by atoms with E-state index in [1.165, 1.54) is 77.5 Å². The lowest BCUT2D eigenvalue weighted by Gasteiger charge is -2.27. The molecule has 134 valence electrons.